The minimum absolute atomic E-state index is 0.0234. The van der Waals surface area contributed by atoms with E-state index in [0.717, 1.165) is 0 Å². The lowest BCUT2D eigenvalue weighted by Crippen LogP contribution is -2.38. The molecule has 0 unspecified atom stereocenters. The molecular formula is C11H18N6O3. The molecule has 0 aliphatic carbocycles. The molecule has 0 atom stereocenters. The van der Waals surface area contributed by atoms with Gasteiger partial charge >= 0.3 is 0 Å². The summed E-state index contributed by atoms with van der Waals surface area (Å²) in [5, 5.41) is 13.5. The van der Waals surface area contributed by atoms with E-state index >= 15 is 0 Å². The van der Waals surface area contributed by atoms with Crippen LogP contribution in [0.4, 0.5) is 17.3 Å². The molecule has 20 heavy (non-hydrogen) atoms. The topological polar surface area (TPSA) is 126 Å². The number of hydrogen-bond donors (Lipinski definition) is 3. The molecular weight excluding hydrogens is 264 g/mol. The van der Waals surface area contributed by atoms with Gasteiger partial charge in [0.15, 0.2) is 0 Å². The zero-order valence-electron chi connectivity index (χ0n) is 11.6. The van der Waals surface area contributed by atoms with Crippen LogP contribution in [0.5, 0.6) is 0 Å². The molecule has 1 amide bonds. The summed E-state index contributed by atoms with van der Waals surface area (Å²) in [6.45, 7) is 3.73. The molecule has 0 radical (unpaired) electrons. The summed E-state index contributed by atoms with van der Waals surface area (Å²) < 4.78 is 0. The van der Waals surface area contributed by atoms with E-state index in [1.807, 2.05) is 13.8 Å². The molecule has 0 saturated carbocycles. The van der Waals surface area contributed by atoms with Crippen LogP contribution in [0.1, 0.15) is 13.8 Å². The van der Waals surface area contributed by atoms with Crippen molar-refractivity contribution in [3.05, 3.63) is 22.2 Å². The number of carbonyl (C=O) groups excluding carboxylic acids is 1. The highest BCUT2D eigenvalue weighted by atomic mass is 16.6. The molecule has 1 aromatic heterocycles. The van der Waals surface area contributed by atoms with Gasteiger partial charge in [-0.15, -0.1) is 0 Å². The number of nitrogens with two attached hydrogens (primary N) is 1. The Kier molecular flexibility index (Phi) is 5.21. The number of carbonyl (C=O) groups is 1. The van der Waals surface area contributed by atoms with E-state index in [1.165, 1.54) is 17.0 Å². The van der Waals surface area contributed by atoms with Crippen LogP contribution >= 0.6 is 0 Å². The minimum atomic E-state index is -0.548. The van der Waals surface area contributed by atoms with Gasteiger partial charge in [0, 0.05) is 13.1 Å². The number of nitro groups is 1. The summed E-state index contributed by atoms with van der Waals surface area (Å²) in [6, 6.07) is 2.52. The highest BCUT2D eigenvalue weighted by Crippen LogP contribution is 2.21. The fourth-order valence-corrected chi connectivity index (χ4v) is 1.54. The van der Waals surface area contributed by atoms with Gasteiger partial charge in [0.05, 0.1) is 23.6 Å². The van der Waals surface area contributed by atoms with Gasteiger partial charge in [-0.1, -0.05) is 0 Å². The second-order valence-electron chi connectivity index (χ2n) is 4.55. The lowest BCUT2D eigenvalue weighted by Gasteiger charge is -2.19. The zero-order valence-corrected chi connectivity index (χ0v) is 11.6. The molecule has 1 rings (SSSR count). The van der Waals surface area contributed by atoms with Gasteiger partial charge in [0.25, 0.3) is 5.69 Å². The Labute approximate surface area is 116 Å². The Morgan fingerprint density at radius 1 is 1.55 bits per heavy atom. The maximum absolute atomic E-state index is 11.7. The van der Waals surface area contributed by atoms with Crippen molar-refractivity contribution in [2.24, 2.45) is 5.84 Å². The number of anilines is 2. The molecule has 0 saturated heterocycles. The molecule has 1 aromatic rings. The molecule has 0 aliphatic heterocycles. The molecule has 9 nitrogen and oxygen atoms in total. The highest BCUT2D eigenvalue weighted by molar-refractivity contribution is 5.81. The minimum Gasteiger partial charge on any atom is -0.352 e. The molecule has 4 N–H and O–H groups in total. The number of aromatic nitrogens is 1. The monoisotopic (exact) mass is 282 g/mol. The van der Waals surface area contributed by atoms with Crippen LogP contribution in [-0.2, 0) is 4.79 Å². The average molecular weight is 282 g/mol. The van der Waals surface area contributed by atoms with Crippen molar-refractivity contribution in [3.8, 4) is 0 Å². The number of nitrogens with one attached hydrogen (secondary N) is 2. The molecule has 0 fully saturated rings. The van der Waals surface area contributed by atoms with Crippen molar-refractivity contribution in [2.75, 3.05) is 23.9 Å². The van der Waals surface area contributed by atoms with Gasteiger partial charge in [-0.25, -0.2) is 10.8 Å². The normalized spacial score (nSPS) is 10.2. The van der Waals surface area contributed by atoms with E-state index in [0.29, 0.717) is 0 Å². The van der Waals surface area contributed by atoms with Crippen LogP contribution in [0.25, 0.3) is 0 Å². The quantitative estimate of drug-likeness (QED) is 0.387. The third-order valence-electron chi connectivity index (χ3n) is 2.38. The largest absolute Gasteiger partial charge is 0.352 e. The number of rotatable bonds is 6. The van der Waals surface area contributed by atoms with E-state index in [2.05, 4.69) is 15.7 Å². The van der Waals surface area contributed by atoms with Crippen LogP contribution in [0.2, 0.25) is 0 Å². The standard InChI is InChI=1S/C11H18N6O3/c1-7(2)13-11(18)6-16(3)10-5-8(17(19)20)4-9(14-10)15-12/h4-5,7H,6,12H2,1-3H3,(H,13,18)(H,14,15). The zero-order chi connectivity index (χ0) is 15.3. The van der Waals surface area contributed by atoms with Crippen molar-refractivity contribution in [1.29, 1.82) is 0 Å². The van der Waals surface area contributed by atoms with E-state index in [9.17, 15) is 14.9 Å². The Bertz CT molecular complexity index is 505. The van der Waals surface area contributed by atoms with E-state index in [1.54, 1.807) is 7.05 Å². The van der Waals surface area contributed by atoms with E-state index in [-0.39, 0.29) is 35.8 Å². The third-order valence-corrected chi connectivity index (χ3v) is 2.38. The molecule has 110 valence electrons. The maximum atomic E-state index is 11.7. The smallest absolute Gasteiger partial charge is 0.276 e. The van der Waals surface area contributed by atoms with Crippen molar-refractivity contribution in [2.45, 2.75) is 19.9 Å². The Hall–Kier alpha value is -2.42. The summed E-state index contributed by atoms with van der Waals surface area (Å²) in [5.41, 5.74) is 2.11. The van der Waals surface area contributed by atoms with Crippen LogP contribution in [0.3, 0.4) is 0 Å². The number of nitrogen functional groups attached to an aromatic ring is 1. The third kappa shape index (κ3) is 4.35. The van der Waals surface area contributed by atoms with Gasteiger partial charge in [0.1, 0.15) is 11.6 Å². The first kappa shape index (κ1) is 15.6. The first-order chi connectivity index (χ1) is 9.33. The molecule has 0 bridgehead atoms. The summed E-state index contributed by atoms with van der Waals surface area (Å²) in [7, 11) is 1.62. The number of amides is 1. The van der Waals surface area contributed by atoms with Crippen LogP contribution < -0.4 is 21.5 Å². The van der Waals surface area contributed by atoms with Gasteiger partial charge in [-0.05, 0) is 13.8 Å². The Morgan fingerprint density at radius 3 is 2.70 bits per heavy atom. The number of hydrazine groups is 1. The second-order valence-corrected chi connectivity index (χ2v) is 4.55. The van der Waals surface area contributed by atoms with Crippen molar-refractivity contribution < 1.29 is 9.72 Å². The first-order valence-electron chi connectivity index (χ1n) is 5.97. The SMILES string of the molecule is CC(C)NC(=O)CN(C)c1cc([N+](=O)[O-])cc(NN)n1. The van der Waals surface area contributed by atoms with Crippen LogP contribution in [-0.4, -0.2) is 35.4 Å². The summed E-state index contributed by atoms with van der Waals surface area (Å²) in [6.07, 6.45) is 0. The van der Waals surface area contributed by atoms with Gasteiger partial charge in [-0.2, -0.15) is 0 Å². The summed E-state index contributed by atoms with van der Waals surface area (Å²) in [5.74, 6) is 5.47. The first-order valence-corrected chi connectivity index (χ1v) is 5.97. The van der Waals surface area contributed by atoms with Gasteiger partial charge < -0.3 is 15.6 Å². The molecule has 9 heteroatoms. The van der Waals surface area contributed by atoms with E-state index in [4.69, 9.17) is 5.84 Å². The number of nitrogens with zero attached hydrogens (tertiary/aromatic N) is 3. The molecule has 0 spiro atoms. The predicted molar refractivity (Wildman–Crippen MR) is 75.3 cm³/mol. The number of hydrogen-bond acceptors (Lipinski definition) is 7. The van der Waals surface area contributed by atoms with E-state index < -0.39 is 4.92 Å². The molecule has 0 aliphatic rings. The van der Waals surface area contributed by atoms with Crippen molar-refractivity contribution >= 4 is 23.2 Å². The lowest BCUT2D eigenvalue weighted by molar-refractivity contribution is -0.384. The Morgan fingerprint density at radius 2 is 2.20 bits per heavy atom. The van der Waals surface area contributed by atoms with Crippen LogP contribution in [0.15, 0.2) is 12.1 Å². The molecule has 0 aromatic carbocycles. The van der Waals surface area contributed by atoms with Gasteiger partial charge in [0.2, 0.25) is 5.91 Å². The van der Waals surface area contributed by atoms with Gasteiger partial charge in [-0.3, -0.25) is 14.9 Å². The maximum Gasteiger partial charge on any atom is 0.276 e. The highest BCUT2D eigenvalue weighted by Gasteiger charge is 2.15. The average Bonchev–Trinajstić information content (AvgIpc) is 2.36. The summed E-state index contributed by atoms with van der Waals surface area (Å²) in [4.78, 5) is 27.5. The molecule has 1 heterocycles. The predicted octanol–water partition coefficient (Wildman–Crippen LogP) is 0.236. The fourth-order valence-electron chi connectivity index (χ4n) is 1.54. The lowest BCUT2D eigenvalue weighted by atomic mass is 10.3. The number of pyridine rings is 1. The van der Waals surface area contributed by atoms with Crippen molar-refractivity contribution in [3.63, 3.8) is 0 Å². The fraction of sp³-hybridized carbons (Fsp3) is 0.455. The second kappa shape index (κ2) is 6.66. The Balaban J connectivity index is 2.91. The number of likely N-dealkylation sites (N-methyl/N-ethyl adjacent to an activating group) is 1. The van der Waals surface area contributed by atoms with Crippen molar-refractivity contribution in [1.82, 2.24) is 10.3 Å². The van der Waals surface area contributed by atoms with Crippen LogP contribution in [0, 0.1) is 10.1 Å². The summed E-state index contributed by atoms with van der Waals surface area (Å²) >= 11 is 0.